The summed E-state index contributed by atoms with van der Waals surface area (Å²) in [6.07, 6.45) is 0.407. The summed E-state index contributed by atoms with van der Waals surface area (Å²) < 4.78 is 0. The summed E-state index contributed by atoms with van der Waals surface area (Å²) in [5.41, 5.74) is 0.989. The summed E-state index contributed by atoms with van der Waals surface area (Å²) in [7, 11) is 0. The minimum absolute atomic E-state index is 0.00667. The third-order valence-electron chi connectivity index (χ3n) is 8.00. The number of Topliss-reactive ketones (excluding diaryl/α,β-unsaturated/α-hetero) is 4. The van der Waals surface area contributed by atoms with Gasteiger partial charge in [0.1, 0.15) is 0 Å². The van der Waals surface area contributed by atoms with Crippen molar-refractivity contribution in [3.63, 3.8) is 0 Å². The van der Waals surface area contributed by atoms with Crippen molar-refractivity contribution in [2.24, 2.45) is 23.2 Å². The third kappa shape index (κ3) is 8.54. The predicted molar refractivity (Wildman–Crippen MR) is 166 cm³/mol. The van der Waals surface area contributed by atoms with Crippen molar-refractivity contribution in [3.8, 4) is 0 Å². The van der Waals surface area contributed by atoms with Gasteiger partial charge in [-0.1, -0.05) is 107 Å². The molecule has 0 aliphatic rings. The normalized spacial score (nSPS) is 13.8. The molecule has 0 spiro atoms. The molecule has 1 amide bonds. The van der Waals surface area contributed by atoms with E-state index in [0.29, 0.717) is 12.0 Å². The SMILES string of the molecule is CC(C)[C@H](CC(=O)[C@H](C)NC(=O)[C@@H](CC(=O)c1cccc2ccccc12)C(C)(C)C)C(=O)C(=O)CCc1ccccc1. The Labute approximate surface area is 249 Å². The first-order valence-electron chi connectivity index (χ1n) is 14.7. The molecule has 3 aromatic carbocycles. The van der Waals surface area contributed by atoms with Gasteiger partial charge in [0.25, 0.3) is 0 Å². The number of carbonyl (C=O) groups excluding carboxylic acids is 5. The molecule has 3 rings (SSSR count). The first kappa shape index (κ1) is 32.6. The number of carbonyl (C=O) groups is 5. The van der Waals surface area contributed by atoms with Gasteiger partial charge in [-0.25, -0.2) is 0 Å². The number of hydrogen-bond acceptors (Lipinski definition) is 5. The smallest absolute Gasteiger partial charge is 0.224 e. The van der Waals surface area contributed by atoms with Gasteiger partial charge < -0.3 is 5.32 Å². The lowest BCUT2D eigenvalue weighted by atomic mass is 9.76. The fourth-order valence-electron chi connectivity index (χ4n) is 5.21. The second kappa shape index (κ2) is 14.3. The molecule has 0 aliphatic carbocycles. The number of aryl methyl sites for hydroxylation is 1. The maximum Gasteiger partial charge on any atom is 0.224 e. The van der Waals surface area contributed by atoms with E-state index in [0.717, 1.165) is 16.3 Å². The molecule has 0 aliphatic heterocycles. The summed E-state index contributed by atoms with van der Waals surface area (Å²) in [5, 5.41) is 4.59. The first-order chi connectivity index (χ1) is 19.8. The fraction of sp³-hybridized carbons (Fsp3) is 0.417. The zero-order valence-corrected chi connectivity index (χ0v) is 25.6. The van der Waals surface area contributed by atoms with Gasteiger partial charge in [-0.2, -0.15) is 0 Å². The molecular weight excluding hydrogens is 526 g/mol. The molecule has 3 atom stereocenters. The van der Waals surface area contributed by atoms with Crippen LogP contribution in [0.25, 0.3) is 10.8 Å². The van der Waals surface area contributed by atoms with Crippen molar-refractivity contribution in [2.45, 2.75) is 73.3 Å². The summed E-state index contributed by atoms with van der Waals surface area (Å²) in [4.78, 5) is 65.9. The maximum atomic E-state index is 13.5. The van der Waals surface area contributed by atoms with Crippen LogP contribution in [0, 0.1) is 23.2 Å². The minimum atomic E-state index is -0.872. The van der Waals surface area contributed by atoms with Crippen LogP contribution < -0.4 is 5.32 Å². The molecule has 3 aromatic rings. The number of amides is 1. The van der Waals surface area contributed by atoms with Crippen LogP contribution in [0.1, 0.15) is 76.7 Å². The van der Waals surface area contributed by atoms with Crippen LogP contribution in [0.3, 0.4) is 0 Å². The Morgan fingerprint density at radius 2 is 1.38 bits per heavy atom. The third-order valence-corrected chi connectivity index (χ3v) is 8.00. The number of ketones is 4. The van der Waals surface area contributed by atoms with Gasteiger partial charge in [-0.05, 0) is 41.0 Å². The van der Waals surface area contributed by atoms with Crippen LogP contribution in [0.4, 0.5) is 0 Å². The lowest BCUT2D eigenvalue weighted by molar-refractivity contribution is -0.141. The lowest BCUT2D eigenvalue weighted by Gasteiger charge is -2.30. The van der Waals surface area contributed by atoms with Crippen LogP contribution in [0.15, 0.2) is 72.8 Å². The van der Waals surface area contributed by atoms with Gasteiger partial charge in [0, 0.05) is 30.7 Å². The largest absolute Gasteiger partial charge is 0.346 e. The van der Waals surface area contributed by atoms with E-state index >= 15 is 0 Å². The Morgan fingerprint density at radius 3 is 2.02 bits per heavy atom. The molecule has 0 aromatic heterocycles. The van der Waals surface area contributed by atoms with Crippen molar-refractivity contribution in [3.05, 3.63) is 83.9 Å². The van der Waals surface area contributed by atoms with Gasteiger partial charge in [0.05, 0.1) is 12.0 Å². The first-order valence-corrected chi connectivity index (χ1v) is 14.7. The summed E-state index contributed by atoms with van der Waals surface area (Å²) in [6.45, 7) is 10.9. The van der Waals surface area contributed by atoms with Crippen LogP contribution in [0.5, 0.6) is 0 Å². The van der Waals surface area contributed by atoms with Crippen molar-refractivity contribution >= 4 is 39.8 Å². The Hall–Kier alpha value is -3.93. The summed E-state index contributed by atoms with van der Waals surface area (Å²) in [6, 6.07) is 21.8. The number of fused-ring (bicyclic) bond motifs is 1. The maximum absolute atomic E-state index is 13.5. The highest BCUT2D eigenvalue weighted by molar-refractivity contribution is 6.38. The summed E-state index contributed by atoms with van der Waals surface area (Å²) >= 11 is 0. The van der Waals surface area contributed by atoms with Crippen LogP contribution in [0.2, 0.25) is 0 Å². The molecule has 1 N–H and O–H groups in total. The predicted octanol–water partition coefficient (Wildman–Crippen LogP) is 6.58. The quantitative estimate of drug-likeness (QED) is 0.175. The Kier molecular flexibility index (Phi) is 11.1. The molecule has 0 saturated carbocycles. The van der Waals surface area contributed by atoms with Gasteiger partial charge in [0.15, 0.2) is 17.3 Å². The average Bonchev–Trinajstić information content (AvgIpc) is 2.96. The molecule has 0 heterocycles. The molecule has 0 radical (unpaired) electrons. The van der Waals surface area contributed by atoms with E-state index < -0.39 is 34.9 Å². The van der Waals surface area contributed by atoms with E-state index in [-0.39, 0.29) is 42.7 Å². The highest BCUT2D eigenvalue weighted by Gasteiger charge is 2.36. The molecule has 6 heteroatoms. The number of rotatable bonds is 14. The van der Waals surface area contributed by atoms with E-state index in [2.05, 4.69) is 5.32 Å². The number of nitrogens with one attached hydrogen (secondary N) is 1. The van der Waals surface area contributed by atoms with Crippen LogP contribution in [-0.4, -0.2) is 35.1 Å². The second-order valence-corrected chi connectivity index (χ2v) is 12.6. The van der Waals surface area contributed by atoms with E-state index in [1.165, 1.54) is 0 Å². The molecule has 0 fully saturated rings. The fourth-order valence-corrected chi connectivity index (χ4v) is 5.21. The lowest BCUT2D eigenvalue weighted by Crippen LogP contribution is -2.46. The van der Waals surface area contributed by atoms with Crippen molar-refractivity contribution in [1.82, 2.24) is 5.32 Å². The Morgan fingerprint density at radius 1 is 0.762 bits per heavy atom. The topological polar surface area (TPSA) is 97.4 Å². The van der Waals surface area contributed by atoms with Crippen LogP contribution >= 0.6 is 0 Å². The van der Waals surface area contributed by atoms with E-state index in [4.69, 9.17) is 0 Å². The van der Waals surface area contributed by atoms with Crippen molar-refractivity contribution in [2.75, 3.05) is 0 Å². The molecule has 0 bridgehead atoms. The Bertz CT molecular complexity index is 1430. The van der Waals surface area contributed by atoms with E-state index in [1.807, 2.05) is 101 Å². The zero-order valence-electron chi connectivity index (χ0n) is 25.6. The van der Waals surface area contributed by atoms with Gasteiger partial charge in [-0.3, -0.25) is 24.0 Å². The average molecular weight is 570 g/mol. The monoisotopic (exact) mass is 569 g/mol. The summed E-state index contributed by atoms with van der Waals surface area (Å²) in [5.74, 6) is -3.52. The van der Waals surface area contributed by atoms with Crippen LogP contribution in [-0.2, 0) is 25.6 Å². The van der Waals surface area contributed by atoms with Gasteiger partial charge in [0.2, 0.25) is 11.7 Å². The molecule has 6 nitrogen and oxygen atoms in total. The minimum Gasteiger partial charge on any atom is -0.346 e. The number of hydrogen-bond donors (Lipinski definition) is 1. The zero-order chi connectivity index (χ0) is 31.0. The highest BCUT2D eigenvalue weighted by atomic mass is 16.2. The molecule has 0 saturated heterocycles. The standard InChI is InChI=1S/C36H43NO5/c1-23(2)29(34(41)31(38)20-19-25-13-8-7-9-14-25)21-32(39)24(3)37-35(42)30(36(4,5)6)22-33(40)28-18-12-16-26-15-10-11-17-27(26)28/h7-18,23-24,29-30H,19-22H2,1-6H3,(H,37,42)/t24-,29-,30+/m0/s1. The molecule has 0 unspecified atom stereocenters. The molecule has 42 heavy (non-hydrogen) atoms. The Balaban J connectivity index is 1.66. The number of benzene rings is 3. The highest BCUT2D eigenvalue weighted by Crippen LogP contribution is 2.32. The van der Waals surface area contributed by atoms with Crippen molar-refractivity contribution < 1.29 is 24.0 Å². The van der Waals surface area contributed by atoms with Crippen molar-refractivity contribution in [1.29, 1.82) is 0 Å². The van der Waals surface area contributed by atoms with E-state index in [1.54, 1.807) is 13.0 Å². The van der Waals surface area contributed by atoms with Gasteiger partial charge >= 0.3 is 0 Å². The van der Waals surface area contributed by atoms with E-state index in [9.17, 15) is 24.0 Å². The second-order valence-electron chi connectivity index (χ2n) is 12.6. The van der Waals surface area contributed by atoms with Gasteiger partial charge in [-0.15, -0.1) is 0 Å². The molecular formula is C36H43NO5. The molecule has 222 valence electrons.